The molecular formula is C17H20ClNO. The van der Waals surface area contributed by atoms with Crippen LogP contribution in [0, 0.1) is 6.92 Å². The van der Waals surface area contributed by atoms with Gasteiger partial charge in [-0.2, -0.15) is 0 Å². The fourth-order valence-electron chi connectivity index (χ4n) is 1.94. The molecule has 0 unspecified atom stereocenters. The minimum Gasteiger partial charge on any atom is -0.494 e. The summed E-state index contributed by atoms with van der Waals surface area (Å²) in [7, 11) is 0. The number of anilines is 1. The number of nitrogens with one attached hydrogen (secondary N) is 1. The van der Waals surface area contributed by atoms with E-state index in [0.29, 0.717) is 0 Å². The summed E-state index contributed by atoms with van der Waals surface area (Å²) in [6, 6.07) is 15.9. The first kappa shape index (κ1) is 14.7. The average molecular weight is 290 g/mol. The molecule has 2 nitrogen and oxygen atoms in total. The van der Waals surface area contributed by atoms with Crippen molar-refractivity contribution in [1.29, 1.82) is 0 Å². The van der Waals surface area contributed by atoms with Gasteiger partial charge in [-0.3, -0.25) is 0 Å². The molecule has 0 amide bonds. The first-order valence-electron chi connectivity index (χ1n) is 6.93. The Labute approximate surface area is 125 Å². The molecule has 0 heterocycles. The zero-order chi connectivity index (χ0) is 14.2. The van der Waals surface area contributed by atoms with E-state index in [4.69, 9.17) is 16.3 Å². The van der Waals surface area contributed by atoms with Crippen LogP contribution in [0.1, 0.15) is 18.4 Å². The van der Waals surface area contributed by atoms with Gasteiger partial charge in [0.25, 0.3) is 0 Å². The largest absolute Gasteiger partial charge is 0.494 e. The fraction of sp³-hybridized carbons (Fsp3) is 0.294. The summed E-state index contributed by atoms with van der Waals surface area (Å²) in [6.07, 6.45) is 2.11. The van der Waals surface area contributed by atoms with Crippen LogP contribution in [0.15, 0.2) is 48.5 Å². The second-order valence-electron chi connectivity index (χ2n) is 4.81. The molecule has 0 aliphatic carbocycles. The Morgan fingerprint density at radius 2 is 1.85 bits per heavy atom. The second kappa shape index (κ2) is 7.81. The molecule has 0 atom stereocenters. The van der Waals surface area contributed by atoms with Gasteiger partial charge in [0.05, 0.1) is 6.61 Å². The third-order valence-electron chi connectivity index (χ3n) is 3.00. The molecule has 3 heteroatoms. The average Bonchev–Trinajstić information content (AvgIpc) is 2.45. The van der Waals surface area contributed by atoms with Crippen molar-refractivity contribution in [2.24, 2.45) is 0 Å². The van der Waals surface area contributed by atoms with Gasteiger partial charge in [-0.05, 0) is 61.7 Å². The van der Waals surface area contributed by atoms with Crippen LogP contribution < -0.4 is 10.1 Å². The number of unbranched alkanes of at least 4 members (excludes halogenated alkanes) is 1. The lowest BCUT2D eigenvalue weighted by atomic mass is 10.2. The van der Waals surface area contributed by atoms with Crippen molar-refractivity contribution in [1.82, 2.24) is 0 Å². The van der Waals surface area contributed by atoms with E-state index >= 15 is 0 Å². The highest BCUT2D eigenvalue weighted by Gasteiger charge is 1.95. The van der Waals surface area contributed by atoms with E-state index in [9.17, 15) is 0 Å². The third-order valence-corrected chi connectivity index (χ3v) is 3.25. The first-order valence-corrected chi connectivity index (χ1v) is 7.31. The highest BCUT2D eigenvalue weighted by atomic mass is 35.5. The molecule has 2 aromatic rings. The van der Waals surface area contributed by atoms with Crippen LogP contribution in [0.25, 0.3) is 0 Å². The zero-order valence-electron chi connectivity index (χ0n) is 11.7. The number of rotatable bonds is 7. The highest BCUT2D eigenvalue weighted by Crippen LogP contribution is 2.15. The number of ether oxygens (including phenoxy) is 1. The molecule has 0 saturated carbocycles. The standard InChI is InChI=1S/C17H20ClNO/c1-14-5-4-6-16(13-14)19-11-2-3-12-20-17-9-7-15(18)8-10-17/h4-10,13,19H,2-3,11-12H2,1H3. The maximum absolute atomic E-state index is 5.82. The van der Waals surface area contributed by atoms with Crippen LogP contribution >= 0.6 is 11.6 Å². The Morgan fingerprint density at radius 3 is 2.60 bits per heavy atom. The molecule has 0 aliphatic heterocycles. The number of hydrogen-bond acceptors (Lipinski definition) is 2. The van der Waals surface area contributed by atoms with Crippen LogP contribution in [0.3, 0.4) is 0 Å². The molecule has 0 aromatic heterocycles. The van der Waals surface area contributed by atoms with Crippen molar-refractivity contribution in [3.05, 3.63) is 59.1 Å². The Kier molecular flexibility index (Phi) is 5.75. The van der Waals surface area contributed by atoms with Gasteiger partial charge in [0.15, 0.2) is 0 Å². The summed E-state index contributed by atoms with van der Waals surface area (Å²) in [4.78, 5) is 0. The summed E-state index contributed by atoms with van der Waals surface area (Å²) in [5.41, 5.74) is 2.46. The Balaban J connectivity index is 1.59. The third kappa shape index (κ3) is 5.14. The van der Waals surface area contributed by atoms with E-state index in [-0.39, 0.29) is 0 Å². The monoisotopic (exact) mass is 289 g/mol. The molecule has 0 radical (unpaired) electrons. The van der Waals surface area contributed by atoms with Crippen LogP contribution in [-0.4, -0.2) is 13.2 Å². The van der Waals surface area contributed by atoms with E-state index in [1.54, 1.807) is 0 Å². The minimum absolute atomic E-state index is 0.733. The van der Waals surface area contributed by atoms with Gasteiger partial charge in [-0.1, -0.05) is 23.7 Å². The normalized spacial score (nSPS) is 10.3. The summed E-state index contributed by atoms with van der Waals surface area (Å²) in [5.74, 6) is 0.876. The lowest BCUT2D eigenvalue weighted by molar-refractivity contribution is 0.308. The van der Waals surface area contributed by atoms with Crippen molar-refractivity contribution in [2.45, 2.75) is 19.8 Å². The predicted octanol–water partition coefficient (Wildman–Crippen LogP) is 4.92. The van der Waals surface area contributed by atoms with Crippen molar-refractivity contribution in [3.8, 4) is 5.75 Å². The quantitative estimate of drug-likeness (QED) is 0.731. The van der Waals surface area contributed by atoms with Crippen molar-refractivity contribution in [2.75, 3.05) is 18.5 Å². The molecule has 1 N–H and O–H groups in total. The summed E-state index contributed by atoms with van der Waals surface area (Å²) in [5, 5.41) is 4.15. The Morgan fingerprint density at radius 1 is 1.05 bits per heavy atom. The van der Waals surface area contributed by atoms with Crippen molar-refractivity contribution < 1.29 is 4.74 Å². The molecule has 0 aliphatic rings. The molecule has 2 rings (SSSR count). The first-order chi connectivity index (χ1) is 9.74. The lowest BCUT2D eigenvalue weighted by Crippen LogP contribution is -2.04. The minimum atomic E-state index is 0.733. The summed E-state index contributed by atoms with van der Waals surface area (Å²) < 4.78 is 5.65. The van der Waals surface area contributed by atoms with Crippen molar-refractivity contribution in [3.63, 3.8) is 0 Å². The van der Waals surface area contributed by atoms with Crippen LogP contribution in [0.5, 0.6) is 5.75 Å². The molecule has 2 aromatic carbocycles. The maximum Gasteiger partial charge on any atom is 0.119 e. The molecule has 0 fully saturated rings. The number of hydrogen-bond donors (Lipinski definition) is 1. The van der Waals surface area contributed by atoms with Crippen LogP contribution in [-0.2, 0) is 0 Å². The zero-order valence-corrected chi connectivity index (χ0v) is 12.5. The lowest BCUT2D eigenvalue weighted by Gasteiger charge is -2.08. The van der Waals surface area contributed by atoms with E-state index in [2.05, 4.69) is 36.5 Å². The van der Waals surface area contributed by atoms with Gasteiger partial charge < -0.3 is 10.1 Å². The SMILES string of the molecule is Cc1cccc(NCCCCOc2ccc(Cl)cc2)c1. The highest BCUT2D eigenvalue weighted by molar-refractivity contribution is 6.30. The molecule has 106 valence electrons. The molecule has 20 heavy (non-hydrogen) atoms. The van der Waals surface area contributed by atoms with Crippen LogP contribution in [0.4, 0.5) is 5.69 Å². The maximum atomic E-state index is 5.82. The van der Waals surface area contributed by atoms with Gasteiger partial charge in [-0.15, -0.1) is 0 Å². The van der Waals surface area contributed by atoms with E-state index in [0.717, 1.165) is 36.8 Å². The van der Waals surface area contributed by atoms with E-state index in [1.807, 2.05) is 24.3 Å². The van der Waals surface area contributed by atoms with Gasteiger partial charge >= 0.3 is 0 Å². The smallest absolute Gasteiger partial charge is 0.119 e. The molecular weight excluding hydrogens is 270 g/mol. The predicted molar refractivity (Wildman–Crippen MR) is 85.8 cm³/mol. The summed E-state index contributed by atoms with van der Waals surface area (Å²) >= 11 is 5.82. The molecule has 0 spiro atoms. The topological polar surface area (TPSA) is 21.3 Å². The van der Waals surface area contributed by atoms with Gasteiger partial charge in [0.2, 0.25) is 0 Å². The van der Waals surface area contributed by atoms with Crippen molar-refractivity contribution >= 4 is 17.3 Å². The number of halogens is 1. The van der Waals surface area contributed by atoms with Gasteiger partial charge in [0.1, 0.15) is 5.75 Å². The van der Waals surface area contributed by atoms with Gasteiger partial charge in [0, 0.05) is 17.3 Å². The van der Waals surface area contributed by atoms with Gasteiger partial charge in [-0.25, -0.2) is 0 Å². The second-order valence-corrected chi connectivity index (χ2v) is 5.24. The molecule has 0 saturated heterocycles. The summed E-state index contributed by atoms with van der Waals surface area (Å²) in [6.45, 7) is 3.80. The number of benzene rings is 2. The molecule has 0 bridgehead atoms. The number of aryl methyl sites for hydroxylation is 1. The fourth-order valence-corrected chi connectivity index (χ4v) is 2.06. The van der Waals surface area contributed by atoms with E-state index in [1.165, 1.54) is 11.3 Å². The Bertz CT molecular complexity index is 525. The Hall–Kier alpha value is -1.67. The van der Waals surface area contributed by atoms with E-state index < -0.39 is 0 Å². The van der Waals surface area contributed by atoms with Crippen LogP contribution in [0.2, 0.25) is 5.02 Å².